The Labute approximate surface area is 310 Å². The Balaban J connectivity index is 1.19. The van der Waals surface area contributed by atoms with Crippen molar-refractivity contribution in [1.82, 2.24) is 0 Å². The van der Waals surface area contributed by atoms with Gasteiger partial charge in [0.15, 0.2) is 0 Å². The van der Waals surface area contributed by atoms with Crippen molar-refractivity contribution >= 4 is 87.0 Å². The van der Waals surface area contributed by atoms with Gasteiger partial charge in [0.05, 0.1) is 5.39 Å². The van der Waals surface area contributed by atoms with E-state index in [-0.39, 0.29) is 0 Å². The molecule has 0 spiro atoms. The Kier molecular flexibility index (Phi) is 6.09. The number of furan rings is 2. The maximum atomic E-state index is 6.82. The maximum Gasteiger partial charge on any atom is 0.147 e. The maximum absolute atomic E-state index is 6.82. The topological polar surface area (TPSA) is 26.3 Å². The molecule has 0 N–H and O–H groups in total. The predicted molar refractivity (Wildman–Crippen MR) is 227 cm³/mol. The van der Waals surface area contributed by atoms with Gasteiger partial charge in [-0.1, -0.05) is 164 Å². The first-order valence-electron chi connectivity index (χ1n) is 18.5. The van der Waals surface area contributed by atoms with Gasteiger partial charge in [-0.05, 0) is 89.3 Å². The van der Waals surface area contributed by atoms with Gasteiger partial charge in [0.1, 0.15) is 22.3 Å². The smallest absolute Gasteiger partial charge is 0.147 e. The molecule has 2 heteroatoms. The fourth-order valence-corrected chi connectivity index (χ4v) is 9.17. The van der Waals surface area contributed by atoms with Gasteiger partial charge in [-0.3, -0.25) is 0 Å². The van der Waals surface area contributed by atoms with Crippen LogP contribution >= 0.6 is 0 Å². The monoisotopic (exact) mass is 686 g/mol. The van der Waals surface area contributed by atoms with E-state index in [4.69, 9.17) is 8.83 Å². The van der Waals surface area contributed by atoms with E-state index >= 15 is 0 Å². The van der Waals surface area contributed by atoms with E-state index in [9.17, 15) is 0 Å². The average molecular weight is 687 g/mol. The molecule has 2 nitrogen and oxygen atoms in total. The molecule has 0 fully saturated rings. The molecule has 12 rings (SSSR count). The van der Waals surface area contributed by atoms with Crippen molar-refractivity contribution in [1.29, 1.82) is 0 Å². The van der Waals surface area contributed by atoms with E-state index in [0.29, 0.717) is 0 Å². The normalized spacial score (nSPS) is 12.1. The van der Waals surface area contributed by atoms with Crippen molar-refractivity contribution in [2.24, 2.45) is 0 Å². The summed E-state index contributed by atoms with van der Waals surface area (Å²) < 4.78 is 13.6. The van der Waals surface area contributed by atoms with Crippen molar-refractivity contribution < 1.29 is 8.83 Å². The van der Waals surface area contributed by atoms with Gasteiger partial charge in [-0.25, -0.2) is 0 Å². The number of hydrogen-bond donors (Lipinski definition) is 0. The van der Waals surface area contributed by atoms with Crippen molar-refractivity contribution in [3.05, 3.63) is 182 Å². The Morgan fingerprint density at radius 3 is 1.54 bits per heavy atom. The van der Waals surface area contributed by atoms with Gasteiger partial charge in [0, 0.05) is 21.5 Å². The molecule has 2 heterocycles. The second-order valence-electron chi connectivity index (χ2n) is 14.3. The fourth-order valence-electron chi connectivity index (χ4n) is 9.17. The van der Waals surface area contributed by atoms with Crippen LogP contribution in [-0.4, -0.2) is 0 Å². The lowest BCUT2D eigenvalue weighted by Crippen LogP contribution is -1.92. The van der Waals surface area contributed by atoms with Gasteiger partial charge in [0.25, 0.3) is 0 Å². The molecule has 0 aliphatic rings. The van der Waals surface area contributed by atoms with Crippen LogP contribution in [0.2, 0.25) is 0 Å². The van der Waals surface area contributed by atoms with Crippen LogP contribution in [0.3, 0.4) is 0 Å². The first kappa shape index (κ1) is 29.4. The van der Waals surface area contributed by atoms with Gasteiger partial charge < -0.3 is 8.83 Å². The SMILES string of the molecule is c1ccc(-c2c3ccccc3c(-c3ccc(-c4cc5oc6c7ccccc7ccc6c5c5oc6ccccc6c45)c4ccccc34)c3ccccc23)cc1. The predicted octanol–water partition coefficient (Wildman–Crippen LogP) is 15.1. The summed E-state index contributed by atoms with van der Waals surface area (Å²) in [7, 11) is 0. The third-order valence-electron chi connectivity index (χ3n) is 11.5. The second kappa shape index (κ2) is 11.2. The number of rotatable bonds is 3. The molecule has 0 aliphatic carbocycles. The molecule has 0 atom stereocenters. The molecule has 250 valence electrons. The summed E-state index contributed by atoms with van der Waals surface area (Å²) in [5, 5.41) is 13.9. The molecular formula is C52H30O2. The van der Waals surface area contributed by atoms with E-state index < -0.39 is 0 Å². The molecule has 0 amide bonds. The fraction of sp³-hybridized carbons (Fsp3) is 0. The third-order valence-corrected chi connectivity index (χ3v) is 11.5. The standard InChI is InChI=1S/C52H30O2/c1-2-15-32(16-3-1)47-37-20-8-10-22-39(37)48(40-23-11-9-21-38(40)47)41-29-28-36(34-18-6-7-19-35(34)41)44-30-46-50(52-49(44)42-24-12-13-25-45(42)53-52)43-27-26-31-14-4-5-17-33(31)51(43)54-46/h1-30H. The van der Waals surface area contributed by atoms with Crippen LogP contribution in [0.1, 0.15) is 0 Å². The molecular weight excluding hydrogens is 657 g/mol. The summed E-state index contributed by atoms with van der Waals surface area (Å²) in [6, 6.07) is 65.5. The van der Waals surface area contributed by atoms with E-state index in [1.807, 2.05) is 6.07 Å². The highest BCUT2D eigenvalue weighted by Gasteiger charge is 2.24. The van der Waals surface area contributed by atoms with Gasteiger partial charge in [-0.2, -0.15) is 0 Å². The minimum absolute atomic E-state index is 0.824. The van der Waals surface area contributed by atoms with Gasteiger partial charge in [-0.15, -0.1) is 0 Å². The summed E-state index contributed by atoms with van der Waals surface area (Å²) in [5.41, 5.74) is 10.6. The zero-order chi connectivity index (χ0) is 35.3. The molecule has 12 aromatic rings. The number of benzene rings is 10. The summed E-state index contributed by atoms with van der Waals surface area (Å²) in [5.74, 6) is 0. The number of para-hydroxylation sites is 1. The lowest BCUT2D eigenvalue weighted by molar-refractivity contribution is 0.665. The van der Waals surface area contributed by atoms with Crippen LogP contribution in [0.5, 0.6) is 0 Å². The summed E-state index contributed by atoms with van der Waals surface area (Å²) >= 11 is 0. The van der Waals surface area contributed by atoms with Crippen LogP contribution in [0.25, 0.3) is 120 Å². The summed E-state index contributed by atoms with van der Waals surface area (Å²) in [6.07, 6.45) is 0. The molecule has 0 saturated carbocycles. The molecule has 0 radical (unpaired) electrons. The van der Waals surface area contributed by atoms with Gasteiger partial charge >= 0.3 is 0 Å². The third kappa shape index (κ3) is 4.05. The van der Waals surface area contributed by atoms with Crippen LogP contribution in [-0.2, 0) is 0 Å². The Morgan fingerprint density at radius 1 is 0.278 bits per heavy atom. The van der Waals surface area contributed by atoms with Crippen molar-refractivity contribution in [3.63, 3.8) is 0 Å². The first-order valence-corrected chi connectivity index (χ1v) is 18.5. The molecule has 0 aliphatic heterocycles. The van der Waals surface area contributed by atoms with E-state index in [2.05, 4.69) is 176 Å². The lowest BCUT2D eigenvalue weighted by atomic mass is 9.83. The molecule has 2 aromatic heterocycles. The quantitative estimate of drug-likeness (QED) is 0.173. The van der Waals surface area contributed by atoms with E-state index in [0.717, 1.165) is 65.8 Å². The van der Waals surface area contributed by atoms with E-state index in [1.165, 1.54) is 54.6 Å². The van der Waals surface area contributed by atoms with Crippen molar-refractivity contribution in [2.45, 2.75) is 0 Å². The minimum atomic E-state index is 0.824. The highest BCUT2D eigenvalue weighted by molar-refractivity contribution is 6.30. The van der Waals surface area contributed by atoms with Gasteiger partial charge in [0.2, 0.25) is 0 Å². The highest BCUT2D eigenvalue weighted by Crippen LogP contribution is 2.49. The molecule has 10 aromatic carbocycles. The van der Waals surface area contributed by atoms with Crippen LogP contribution in [0.15, 0.2) is 191 Å². The summed E-state index contributed by atoms with van der Waals surface area (Å²) in [4.78, 5) is 0. The minimum Gasteiger partial charge on any atom is -0.455 e. The van der Waals surface area contributed by atoms with Crippen LogP contribution in [0, 0.1) is 0 Å². The summed E-state index contributed by atoms with van der Waals surface area (Å²) in [6.45, 7) is 0. The molecule has 0 bridgehead atoms. The zero-order valence-electron chi connectivity index (χ0n) is 29.1. The number of hydrogen-bond acceptors (Lipinski definition) is 2. The second-order valence-corrected chi connectivity index (χ2v) is 14.3. The first-order chi connectivity index (χ1) is 26.8. The highest BCUT2D eigenvalue weighted by atomic mass is 16.3. The van der Waals surface area contributed by atoms with Crippen LogP contribution < -0.4 is 0 Å². The van der Waals surface area contributed by atoms with Crippen molar-refractivity contribution in [3.8, 4) is 33.4 Å². The zero-order valence-corrected chi connectivity index (χ0v) is 29.1. The number of fused-ring (bicyclic) bond motifs is 12. The molecule has 0 saturated heterocycles. The van der Waals surface area contributed by atoms with Crippen molar-refractivity contribution in [2.75, 3.05) is 0 Å². The van der Waals surface area contributed by atoms with E-state index in [1.54, 1.807) is 0 Å². The molecule has 54 heavy (non-hydrogen) atoms. The van der Waals surface area contributed by atoms with Crippen LogP contribution in [0.4, 0.5) is 0 Å². The Bertz CT molecular complexity index is 3430. The largest absolute Gasteiger partial charge is 0.455 e. The lowest BCUT2D eigenvalue weighted by Gasteiger charge is -2.19. The molecule has 0 unspecified atom stereocenters. The average Bonchev–Trinajstić information content (AvgIpc) is 3.82. The Morgan fingerprint density at radius 2 is 0.815 bits per heavy atom. The Hall–Kier alpha value is -7.16.